The van der Waals surface area contributed by atoms with Gasteiger partial charge in [0.1, 0.15) is 24.4 Å². The van der Waals surface area contributed by atoms with Gasteiger partial charge in [-0.05, 0) is 11.6 Å². The number of rotatable bonds is 4. The van der Waals surface area contributed by atoms with Gasteiger partial charge in [0, 0.05) is 5.92 Å². The molecule has 9 atom stereocenters. The van der Waals surface area contributed by atoms with Crippen LogP contribution in [-0.2, 0) is 14.2 Å². The van der Waals surface area contributed by atoms with Crippen molar-refractivity contribution in [1.29, 1.82) is 0 Å². The molecule has 1 fully saturated rings. The average Bonchev–Trinajstić information content (AvgIpc) is 2.92. The standard InChI is InChI=1S/C15H22O9/c16-4-6-3-8(18)7-1-2-22-14(10(6)7)24-15-13(21)12(20)11(19)9(5-17)23-15/h1-3,7-21H,4-5H2/t7-,8+,9+,10-,11+,12-,13+,14+,15-/m1/s1. The molecule has 3 rings (SSSR count). The van der Waals surface area contributed by atoms with Gasteiger partial charge in [0.25, 0.3) is 0 Å². The molecular weight excluding hydrogens is 324 g/mol. The molecular formula is C15H22O9. The van der Waals surface area contributed by atoms with Crippen molar-refractivity contribution in [3.63, 3.8) is 0 Å². The predicted octanol–water partition coefficient (Wildman–Crippen LogP) is -2.80. The molecule has 9 heteroatoms. The van der Waals surface area contributed by atoms with Gasteiger partial charge in [-0.15, -0.1) is 0 Å². The Hall–Kier alpha value is -1.04. The second kappa shape index (κ2) is 7.06. The van der Waals surface area contributed by atoms with Crippen molar-refractivity contribution in [3.8, 4) is 0 Å². The van der Waals surface area contributed by atoms with Crippen LogP contribution in [0.1, 0.15) is 0 Å². The Kier molecular flexibility index (Phi) is 5.23. The third-order valence-corrected chi connectivity index (χ3v) is 4.73. The Morgan fingerprint density at radius 2 is 1.75 bits per heavy atom. The molecule has 2 heterocycles. The van der Waals surface area contributed by atoms with Crippen molar-refractivity contribution in [1.82, 2.24) is 0 Å². The Balaban J connectivity index is 1.75. The Bertz CT molecular complexity index is 505. The van der Waals surface area contributed by atoms with E-state index in [0.29, 0.717) is 5.57 Å². The zero-order valence-corrected chi connectivity index (χ0v) is 12.8. The largest absolute Gasteiger partial charge is 0.472 e. The van der Waals surface area contributed by atoms with E-state index in [1.807, 2.05) is 0 Å². The summed E-state index contributed by atoms with van der Waals surface area (Å²) in [4.78, 5) is 0. The van der Waals surface area contributed by atoms with Crippen molar-refractivity contribution in [2.24, 2.45) is 11.8 Å². The topological polar surface area (TPSA) is 149 Å². The van der Waals surface area contributed by atoms with E-state index in [1.165, 1.54) is 12.3 Å². The maximum absolute atomic E-state index is 10.0. The lowest BCUT2D eigenvalue weighted by atomic mass is 9.88. The van der Waals surface area contributed by atoms with Gasteiger partial charge in [-0.2, -0.15) is 0 Å². The molecule has 0 radical (unpaired) electrons. The molecule has 136 valence electrons. The van der Waals surface area contributed by atoms with Crippen LogP contribution in [0.4, 0.5) is 0 Å². The molecule has 24 heavy (non-hydrogen) atoms. The Morgan fingerprint density at radius 1 is 1.00 bits per heavy atom. The molecule has 0 aromatic heterocycles. The fourth-order valence-corrected chi connectivity index (χ4v) is 3.38. The maximum Gasteiger partial charge on any atom is 0.209 e. The third-order valence-electron chi connectivity index (χ3n) is 4.73. The van der Waals surface area contributed by atoms with E-state index in [4.69, 9.17) is 14.2 Å². The van der Waals surface area contributed by atoms with Crippen molar-refractivity contribution >= 4 is 0 Å². The monoisotopic (exact) mass is 346 g/mol. The van der Waals surface area contributed by atoms with Crippen molar-refractivity contribution in [3.05, 3.63) is 24.0 Å². The van der Waals surface area contributed by atoms with Crippen molar-refractivity contribution < 1.29 is 44.8 Å². The molecule has 2 aliphatic heterocycles. The lowest BCUT2D eigenvalue weighted by Crippen LogP contribution is -2.60. The highest BCUT2D eigenvalue weighted by Gasteiger charge is 2.49. The fraction of sp³-hybridized carbons (Fsp3) is 0.733. The lowest BCUT2D eigenvalue weighted by molar-refractivity contribution is -0.339. The van der Waals surface area contributed by atoms with Crippen LogP contribution in [0.15, 0.2) is 24.0 Å². The minimum atomic E-state index is -1.56. The number of hydrogen-bond acceptors (Lipinski definition) is 9. The minimum absolute atomic E-state index is 0.288. The van der Waals surface area contributed by atoms with Crippen LogP contribution in [0.3, 0.4) is 0 Å². The summed E-state index contributed by atoms with van der Waals surface area (Å²) in [5.74, 6) is -0.835. The highest BCUT2D eigenvalue weighted by molar-refractivity contribution is 5.25. The zero-order chi connectivity index (χ0) is 17.4. The predicted molar refractivity (Wildman–Crippen MR) is 77.0 cm³/mol. The molecule has 0 saturated carbocycles. The molecule has 9 nitrogen and oxygen atoms in total. The summed E-state index contributed by atoms with van der Waals surface area (Å²) < 4.78 is 16.3. The van der Waals surface area contributed by atoms with Gasteiger partial charge < -0.3 is 44.8 Å². The molecule has 1 aliphatic carbocycles. The summed E-state index contributed by atoms with van der Waals surface area (Å²) >= 11 is 0. The summed E-state index contributed by atoms with van der Waals surface area (Å²) in [6, 6.07) is 0. The number of aliphatic hydroxyl groups excluding tert-OH is 6. The normalized spacial score (nSPS) is 47.9. The molecule has 0 spiro atoms. The lowest BCUT2D eigenvalue weighted by Gasteiger charge is -2.42. The third kappa shape index (κ3) is 2.98. The van der Waals surface area contributed by atoms with Gasteiger partial charge in [-0.25, -0.2) is 0 Å². The SMILES string of the molecule is OCC1=C[C@H](O)[C@H]2C=CO[C@@H](O[C@H]3O[C@@H](CO)[C@H](O)[C@@H](O)[C@@H]3O)[C@H]12. The molecule has 0 aromatic carbocycles. The highest BCUT2D eigenvalue weighted by Crippen LogP contribution is 2.40. The molecule has 1 saturated heterocycles. The van der Waals surface area contributed by atoms with Crippen molar-refractivity contribution in [2.75, 3.05) is 13.2 Å². The van der Waals surface area contributed by atoms with Gasteiger partial charge in [0.15, 0.2) is 6.29 Å². The second-order valence-electron chi connectivity index (χ2n) is 6.16. The van der Waals surface area contributed by atoms with Gasteiger partial charge in [-0.1, -0.05) is 6.08 Å². The van der Waals surface area contributed by atoms with Gasteiger partial charge >= 0.3 is 0 Å². The molecule has 3 aliphatic rings. The fourth-order valence-electron chi connectivity index (χ4n) is 3.38. The minimum Gasteiger partial charge on any atom is -0.472 e. The van der Waals surface area contributed by atoms with Crippen LogP contribution in [0.5, 0.6) is 0 Å². The van der Waals surface area contributed by atoms with Crippen LogP contribution in [0, 0.1) is 11.8 Å². The van der Waals surface area contributed by atoms with Crippen LogP contribution in [0.2, 0.25) is 0 Å². The smallest absolute Gasteiger partial charge is 0.209 e. The average molecular weight is 346 g/mol. The van der Waals surface area contributed by atoms with Crippen LogP contribution in [-0.4, -0.2) is 87.0 Å². The molecule has 0 aromatic rings. The molecule has 0 amide bonds. The van der Waals surface area contributed by atoms with Gasteiger partial charge in [-0.3, -0.25) is 0 Å². The first-order chi connectivity index (χ1) is 11.5. The number of fused-ring (bicyclic) bond motifs is 1. The quantitative estimate of drug-likeness (QED) is 0.297. The number of aliphatic hydroxyl groups is 6. The van der Waals surface area contributed by atoms with Crippen LogP contribution >= 0.6 is 0 Å². The van der Waals surface area contributed by atoms with E-state index in [1.54, 1.807) is 6.08 Å². The van der Waals surface area contributed by atoms with E-state index in [2.05, 4.69) is 0 Å². The summed E-state index contributed by atoms with van der Waals surface area (Å²) in [5, 5.41) is 58.3. The van der Waals surface area contributed by atoms with E-state index < -0.39 is 55.6 Å². The summed E-state index contributed by atoms with van der Waals surface area (Å²) in [6.45, 7) is -0.854. The molecule has 0 bridgehead atoms. The zero-order valence-electron chi connectivity index (χ0n) is 12.8. The molecule has 0 unspecified atom stereocenters. The Morgan fingerprint density at radius 3 is 2.42 bits per heavy atom. The maximum atomic E-state index is 10.0. The first-order valence-corrected chi connectivity index (χ1v) is 7.75. The van der Waals surface area contributed by atoms with Crippen LogP contribution < -0.4 is 0 Å². The van der Waals surface area contributed by atoms with Crippen molar-refractivity contribution in [2.45, 2.75) is 43.1 Å². The summed E-state index contributed by atoms with van der Waals surface area (Å²) in [6.07, 6.45) is -4.27. The number of ether oxygens (including phenoxy) is 3. The van der Waals surface area contributed by atoms with Crippen LogP contribution in [0.25, 0.3) is 0 Å². The second-order valence-corrected chi connectivity index (χ2v) is 6.16. The van der Waals surface area contributed by atoms with Gasteiger partial charge in [0.05, 0.1) is 31.5 Å². The van der Waals surface area contributed by atoms with E-state index in [-0.39, 0.29) is 12.5 Å². The Labute approximate surface area is 138 Å². The molecule has 6 N–H and O–H groups in total. The van der Waals surface area contributed by atoms with Gasteiger partial charge in [0.2, 0.25) is 6.29 Å². The summed E-state index contributed by atoms with van der Waals surface area (Å²) in [5.41, 5.74) is 0.534. The number of hydrogen-bond donors (Lipinski definition) is 6. The van der Waals surface area contributed by atoms with E-state index >= 15 is 0 Å². The highest BCUT2D eigenvalue weighted by atomic mass is 16.8. The van der Waals surface area contributed by atoms with E-state index in [0.717, 1.165) is 0 Å². The van der Waals surface area contributed by atoms with E-state index in [9.17, 15) is 30.6 Å². The first-order valence-electron chi connectivity index (χ1n) is 7.75. The first kappa shape index (κ1) is 17.8. The summed E-state index contributed by atoms with van der Waals surface area (Å²) in [7, 11) is 0.